The Hall–Kier alpha value is -1.39. The van der Waals surface area contributed by atoms with E-state index in [0.29, 0.717) is 5.92 Å². The van der Waals surface area contributed by atoms with E-state index in [1.165, 1.54) is 37.8 Å². The van der Waals surface area contributed by atoms with E-state index in [4.69, 9.17) is 0 Å². The Bertz CT molecular complexity index is 408. The Kier molecular flexibility index (Phi) is 4.78. The molecule has 1 aromatic rings. The van der Waals surface area contributed by atoms with Crippen molar-refractivity contribution in [2.24, 2.45) is 11.8 Å². The number of rotatable bonds is 4. The number of benzene rings is 1. The first-order valence-electron chi connectivity index (χ1n) is 7.02. The van der Waals surface area contributed by atoms with Gasteiger partial charge in [-0.3, -0.25) is 0 Å². The summed E-state index contributed by atoms with van der Waals surface area (Å²) in [6.45, 7) is 3.16. The lowest BCUT2D eigenvalue weighted by molar-refractivity contribution is -0.274. The van der Waals surface area contributed by atoms with Crippen LogP contribution in [0.1, 0.15) is 32.6 Å². The largest absolute Gasteiger partial charge is 0.573 e. The van der Waals surface area contributed by atoms with Gasteiger partial charge in [-0.2, -0.15) is 0 Å². The molecule has 5 heteroatoms. The number of alkyl halides is 3. The van der Waals surface area contributed by atoms with Gasteiger partial charge in [0.25, 0.3) is 0 Å². The monoisotopic (exact) mass is 287 g/mol. The van der Waals surface area contributed by atoms with Crippen LogP contribution in [0.5, 0.6) is 5.75 Å². The maximum absolute atomic E-state index is 12.0. The lowest BCUT2D eigenvalue weighted by Gasteiger charge is -2.26. The van der Waals surface area contributed by atoms with E-state index >= 15 is 0 Å². The van der Waals surface area contributed by atoms with Gasteiger partial charge in [0.2, 0.25) is 0 Å². The van der Waals surface area contributed by atoms with Crippen LogP contribution in [0.15, 0.2) is 24.3 Å². The molecule has 0 aromatic heterocycles. The molecule has 112 valence electrons. The summed E-state index contributed by atoms with van der Waals surface area (Å²) < 4.78 is 39.9. The lowest BCUT2D eigenvalue weighted by atomic mass is 9.83. The van der Waals surface area contributed by atoms with Crippen molar-refractivity contribution < 1.29 is 17.9 Å². The van der Waals surface area contributed by atoms with E-state index < -0.39 is 6.36 Å². The molecule has 2 rings (SSSR count). The first kappa shape index (κ1) is 15.0. The van der Waals surface area contributed by atoms with Crippen molar-refractivity contribution in [1.82, 2.24) is 0 Å². The fraction of sp³-hybridized carbons (Fsp3) is 0.600. The summed E-state index contributed by atoms with van der Waals surface area (Å²) >= 11 is 0. The zero-order valence-corrected chi connectivity index (χ0v) is 11.5. The topological polar surface area (TPSA) is 21.3 Å². The smallest absolute Gasteiger partial charge is 0.406 e. The molecule has 0 amide bonds. The van der Waals surface area contributed by atoms with Crippen LogP contribution < -0.4 is 10.1 Å². The second-order valence-electron chi connectivity index (χ2n) is 5.58. The van der Waals surface area contributed by atoms with Crippen molar-refractivity contribution >= 4 is 5.69 Å². The van der Waals surface area contributed by atoms with Crippen LogP contribution >= 0.6 is 0 Å². The zero-order chi connectivity index (χ0) is 14.6. The Morgan fingerprint density at radius 2 is 1.70 bits per heavy atom. The van der Waals surface area contributed by atoms with Crippen LogP contribution in [-0.2, 0) is 0 Å². The molecule has 0 spiro atoms. The van der Waals surface area contributed by atoms with Gasteiger partial charge in [0.05, 0.1) is 0 Å². The van der Waals surface area contributed by atoms with Gasteiger partial charge < -0.3 is 10.1 Å². The van der Waals surface area contributed by atoms with Crippen molar-refractivity contribution in [3.05, 3.63) is 24.3 Å². The van der Waals surface area contributed by atoms with Gasteiger partial charge in [-0.05, 0) is 48.9 Å². The first-order valence-corrected chi connectivity index (χ1v) is 7.02. The number of nitrogens with one attached hydrogen (secondary N) is 1. The highest BCUT2D eigenvalue weighted by atomic mass is 19.4. The molecule has 0 radical (unpaired) electrons. The third kappa shape index (κ3) is 4.94. The standard InChI is InChI=1S/C15H20F3NO/c1-11-2-4-12(5-3-11)10-19-13-6-8-14(9-7-13)20-15(16,17)18/h6-9,11-12,19H,2-5,10H2,1H3. The van der Waals surface area contributed by atoms with Gasteiger partial charge in [-0.15, -0.1) is 13.2 Å². The summed E-state index contributed by atoms with van der Waals surface area (Å²) in [4.78, 5) is 0. The van der Waals surface area contributed by atoms with Crippen molar-refractivity contribution in [1.29, 1.82) is 0 Å². The molecular weight excluding hydrogens is 267 g/mol. The van der Waals surface area contributed by atoms with Crippen molar-refractivity contribution in [3.63, 3.8) is 0 Å². The molecule has 1 aromatic carbocycles. The van der Waals surface area contributed by atoms with E-state index in [1.54, 1.807) is 12.1 Å². The second-order valence-corrected chi connectivity index (χ2v) is 5.58. The Labute approximate surface area is 117 Å². The molecule has 1 fully saturated rings. The average Bonchev–Trinajstić information content (AvgIpc) is 2.38. The highest BCUT2D eigenvalue weighted by Gasteiger charge is 2.30. The van der Waals surface area contributed by atoms with E-state index in [0.717, 1.165) is 18.2 Å². The molecular formula is C15H20F3NO. The number of hydrogen-bond donors (Lipinski definition) is 1. The molecule has 0 saturated heterocycles. The van der Waals surface area contributed by atoms with Gasteiger partial charge in [-0.1, -0.05) is 19.8 Å². The molecule has 20 heavy (non-hydrogen) atoms. The summed E-state index contributed by atoms with van der Waals surface area (Å²) in [5.41, 5.74) is 0.832. The van der Waals surface area contributed by atoms with E-state index in [2.05, 4.69) is 17.0 Å². The second kappa shape index (κ2) is 6.37. The SMILES string of the molecule is CC1CCC(CNc2ccc(OC(F)(F)F)cc2)CC1. The maximum atomic E-state index is 12.0. The van der Waals surface area contributed by atoms with Crippen LogP contribution in [0.3, 0.4) is 0 Å². The van der Waals surface area contributed by atoms with Gasteiger partial charge in [0.1, 0.15) is 5.75 Å². The molecule has 1 aliphatic carbocycles. The molecule has 0 heterocycles. The molecule has 1 N–H and O–H groups in total. The summed E-state index contributed by atoms with van der Waals surface area (Å²) in [5, 5.41) is 3.28. The number of anilines is 1. The van der Waals surface area contributed by atoms with Crippen LogP contribution in [0, 0.1) is 11.8 Å². The number of ether oxygens (including phenoxy) is 1. The van der Waals surface area contributed by atoms with Gasteiger partial charge in [-0.25, -0.2) is 0 Å². The highest BCUT2D eigenvalue weighted by Crippen LogP contribution is 2.29. The van der Waals surface area contributed by atoms with E-state index in [9.17, 15) is 13.2 Å². The van der Waals surface area contributed by atoms with Gasteiger partial charge >= 0.3 is 6.36 Å². The van der Waals surface area contributed by atoms with E-state index in [1.807, 2.05) is 0 Å². The molecule has 0 atom stereocenters. The van der Waals surface area contributed by atoms with E-state index in [-0.39, 0.29) is 5.75 Å². The Morgan fingerprint density at radius 3 is 2.25 bits per heavy atom. The third-order valence-corrected chi connectivity index (χ3v) is 3.82. The van der Waals surface area contributed by atoms with Gasteiger partial charge in [0, 0.05) is 12.2 Å². The lowest BCUT2D eigenvalue weighted by Crippen LogP contribution is -2.20. The third-order valence-electron chi connectivity index (χ3n) is 3.82. The highest BCUT2D eigenvalue weighted by molar-refractivity contribution is 5.46. The fourth-order valence-electron chi connectivity index (χ4n) is 2.57. The molecule has 1 saturated carbocycles. The van der Waals surface area contributed by atoms with Crippen molar-refractivity contribution in [3.8, 4) is 5.75 Å². The first-order chi connectivity index (χ1) is 9.42. The minimum absolute atomic E-state index is 0.186. The van der Waals surface area contributed by atoms with Crippen molar-refractivity contribution in [2.45, 2.75) is 39.0 Å². The Morgan fingerprint density at radius 1 is 1.10 bits per heavy atom. The minimum atomic E-state index is -4.63. The van der Waals surface area contributed by atoms with Crippen molar-refractivity contribution in [2.75, 3.05) is 11.9 Å². The number of hydrogen-bond acceptors (Lipinski definition) is 2. The normalized spacial score (nSPS) is 23.4. The maximum Gasteiger partial charge on any atom is 0.573 e. The average molecular weight is 287 g/mol. The van der Waals surface area contributed by atoms with Crippen LogP contribution in [0.4, 0.5) is 18.9 Å². The molecule has 1 aliphatic rings. The predicted octanol–water partition coefficient (Wildman–Crippen LogP) is 4.82. The molecule has 0 unspecified atom stereocenters. The van der Waals surface area contributed by atoms with Crippen LogP contribution in [0.2, 0.25) is 0 Å². The minimum Gasteiger partial charge on any atom is -0.406 e. The number of halogens is 3. The fourth-order valence-corrected chi connectivity index (χ4v) is 2.57. The summed E-state index contributed by atoms with van der Waals surface area (Å²) in [6.07, 6.45) is 0.357. The Balaban J connectivity index is 1.79. The summed E-state index contributed by atoms with van der Waals surface area (Å²) in [7, 11) is 0. The van der Waals surface area contributed by atoms with Crippen LogP contribution in [-0.4, -0.2) is 12.9 Å². The zero-order valence-electron chi connectivity index (χ0n) is 11.5. The van der Waals surface area contributed by atoms with Crippen LogP contribution in [0.25, 0.3) is 0 Å². The molecule has 0 aliphatic heterocycles. The summed E-state index contributed by atoms with van der Waals surface area (Å²) in [6, 6.07) is 5.90. The quantitative estimate of drug-likeness (QED) is 0.857. The summed E-state index contributed by atoms with van der Waals surface area (Å²) in [5.74, 6) is 1.30. The van der Waals surface area contributed by atoms with Gasteiger partial charge in [0.15, 0.2) is 0 Å². The molecule has 0 bridgehead atoms. The molecule has 2 nitrogen and oxygen atoms in total. The predicted molar refractivity (Wildman–Crippen MR) is 72.7 cm³/mol.